The molecule has 1 aromatic rings. The molecule has 1 N–H and O–H groups in total. The molecule has 25 heavy (non-hydrogen) atoms. The maximum atomic E-state index is 12.9. The van der Waals surface area contributed by atoms with E-state index in [1.807, 2.05) is 13.8 Å². The van der Waals surface area contributed by atoms with E-state index in [1.165, 1.54) is 0 Å². The SMILES string of the molecule is CCN(CC)C(=O)CN1C(=O)N[C@](C)(c2ccc3c(c2)OCO3)C1=O. The van der Waals surface area contributed by atoms with Gasteiger partial charge in [0.05, 0.1) is 0 Å². The van der Waals surface area contributed by atoms with Gasteiger partial charge in [-0.25, -0.2) is 4.79 Å². The number of amides is 4. The predicted molar refractivity (Wildman–Crippen MR) is 88.1 cm³/mol. The van der Waals surface area contributed by atoms with Gasteiger partial charge in [-0.15, -0.1) is 0 Å². The highest BCUT2D eigenvalue weighted by atomic mass is 16.7. The first-order chi connectivity index (χ1) is 11.9. The van der Waals surface area contributed by atoms with Gasteiger partial charge in [-0.05, 0) is 38.5 Å². The summed E-state index contributed by atoms with van der Waals surface area (Å²) >= 11 is 0. The zero-order valence-electron chi connectivity index (χ0n) is 14.5. The van der Waals surface area contributed by atoms with Crippen LogP contribution in [0.15, 0.2) is 18.2 Å². The lowest BCUT2D eigenvalue weighted by Gasteiger charge is -2.24. The maximum absolute atomic E-state index is 12.9. The maximum Gasteiger partial charge on any atom is 0.325 e. The van der Waals surface area contributed by atoms with Gasteiger partial charge in [0, 0.05) is 13.1 Å². The van der Waals surface area contributed by atoms with Crippen LogP contribution in [0.5, 0.6) is 11.5 Å². The fourth-order valence-corrected chi connectivity index (χ4v) is 3.06. The Morgan fingerprint density at radius 2 is 1.92 bits per heavy atom. The summed E-state index contributed by atoms with van der Waals surface area (Å²) < 4.78 is 10.6. The molecule has 134 valence electrons. The molecule has 0 unspecified atom stereocenters. The third-order valence-corrected chi connectivity index (χ3v) is 4.63. The standard InChI is InChI=1S/C17H21N3O5/c1-4-19(5-2)14(21)9-20-15(22)17(3,18-16(20)23)11-6-7-12-13(8-11)25-10-24-12/h6-8H,4-5,9-10H2,1-3H3,(H,18,23)/t17-/m1/s1. The van der Waals surface area contributed by atoms with Crippen molar-refractivity contribution in [3.63, 3.8) is 0 Å². The fourth-order valence-electron chi connectivity index (χ4n) is 3.06. The first kappa shape index (κ1) is 17.1. The molecule has 0 bridgehead atoms. The number of urea groups is 1. The van der Waals surface area contributed by atoms with Crippen LogP contribution in [0.2, 0.25) is 0 Å². The molecule has 4 amide bonds. The number of likely N-dealkylation sites (N-methyl/N-ethyl adjacent to an activating group) is 1. The monoisotopic (exact) mass is 347 g/mol. The second kappa shape index (κ2) is 6.27. The number of hydrogen-bond acceptors (Lipinski definition) is 5. The second-order valence-electron chi connectivity index (χ2n) is 6.08. The van der Waals surface area contributed by atoms with Crippen molar-refractivity contribution in [3.05, 3.63) is 23.8 Å². The highest BCUT2D eigenvalue weighted by molar-refractivity contribution is 6.09. The molecule has 2 aliphatic rings. The molecule has 8 heteroatoms. The number of ether oxygens (including phenoxy) is 2. The Labute approximate surface area is 145 Å². The molecule has 0 spiro atoms. The van der Waals surface area contributed by atoms with Gasteiger partial charge in [-0.1, -0.05) is 6.07 Å². The molecule has 8 nitrogen and oxygen atoms in total. The summed E-state index contributed by atoms with van der Waals surface area (Å²) in [4.78, 5) is 40.0. The fraction of sp³-hybridized carbons (Fsp3) is 0.471. The number of nitrogens with zero attached hydrogens (tertiary/aromatic N) is 2. The lowest BCUT2D eigenvalue weighted by molar-refractivity contribution is -0.138. The van der Waals surface area contributed by atoms with Crippen molar-refractivity contribution in [2.75, 3.05) is 26.4 Å². The van der Waals surface area contributed by atoms with Crippen LogP contribution in [-0.4, -0.2) is 54.1 Å². The molecular weight excluding hydrogens is 326 g/mol. The molecule has 1 saturated heterocycles. The average Bonchev–Trinajstić information content (AvgIpc) is 3.14. The van der Waals surface area contributed by atoms with Crippen molar-refractivity contribution in [2.45, 2.75) is 26.3 Å². The van der Waals surface area contributed by atoms with Crippen molar-refractivity contribution in [1.29, 1.82) is 0 Å². The molecule has 0 saturated carbocycles. The molecular formula is C17H21N3O5. The quantitative estimate of drug-likeness (QED) is 0.805. The number of rotatable bonds is 5. The van der Waals surface area contributed by atoms with E-state index in [-0.39, 0.29) is 19.2 Å². The van der Waals surface area contributed by atoms with Gasteiger partial charge >= 0.3 is 6.03 Å². The Morgan fingerprint density at radius 1 is 1.24 bits per heavy atom. The number of carbonyl (C=O) groups excluding carboxylic acids is 3. The molecule has 1 aromatic carbocycles. The minimum atomic E-state index is -1.25. The van der Waals surface area contributed by atoms with Crippen LogP contribution in [0.3, 0.4) is 0 Å². The minimum Gasteiger partial charge on any atom is -0.454 e. The number of nitrogens with one attached hydrogen (secondary N) is 1. The Balaban J connectivity index is 1.83. The van der Waals surface area contributed by atoms with Crippen LogP contribution < -0.4 is 14.8 Å². The Kier molecular flexibility index (Phi) is 4.28. The Bertz CT molecular complexity index is 731. The van der Waals surface area contributed by atoms with Crippen LogP contribution in [-0.2, 0) is 15.1 Å². The smallest absolute Gasteiger partial charge is 0.325 e. The zero-order chi connectivity index (χ0) is 18.2. The third-order valence-electron chi connectivity index (χ3n) is 4.63. The summed E-state index contributed by atoms with van der Waals surface area (Å²) in [7, 11) is 0. The topological polar surface area (TPSA) is 88.2 Å². The normalized spacial score (nSPS) is 21.5. The number of carbonyl (C=O) groups is 3. The van der Waals surface area contributed by atoms with Gasteiger partial charge < -0.3 is 19.7 Å². The second-order valence-corrected chi connectivity index (χ2v) is 6.08. The molecule has 0 aliphatic carbocycles. The Morgan fingerprint density at radius 3 is 2.60 bits per heavy atom. The van der Waals surface area contributed by atoms with E-state index >= 15 is 0 Å². The summed E-state index contributed by atoms with van der Waals surface area (Å²) in [6.45, 7) is 6.23. The van der Waals surface area contributed by atoms with Crippen LogP contribution in [0.1, 0.15) is 26.3 Å². The molecule has 2 heterocycles. The molecule has 1 atom stereocenters. The number of hydrogen-bond donors (Lipinski definition) is 1. The number of imide groups is 1. The van der Waals surface area contributed by atoms with Gasteiger partial charge in [0.1, 0.15) is 12.1 Å². The van der Waals surface area contributed by atoms with Crippen LogP contribution in [0, 0.1) is 0 Å². The van der Waals surface area contributed by atoms with Gasteiger partial charge in [-0.2, -0.15) is 0 Å². The van der Waals surface area contributed by atoms with Crippen molar-refractivity contribution < 1.29 is 23.9 Å². The van der Waals surface area contributed by atoms with E-state index in [9.17, 15) is 14.4 Å². The van der Waals surface area contributed by atoms with E-state index in [2.05, 4.69) is 5.32 Å². The average molecular weight is 347 g/mol. The number of benzene rings is 1. The van der Waals surface area contributed by atoms with Gasteiger partial charge in [0.25, 0.3) is 5.91 Å². The molecule has 3 rings (SSSR count). The van der Waals surface area contributed by atoms with E-state index in [0.29, 0.717) is 30.2 Å². The first-order valence-corrected chi connectivity index (χ1v) is 8.22. The third kappa shape index (κ3) is 2.77. The van der Waals surface area contributed by atoms with Crippen LogP contribution in [0.25, 0.3) is 0 Å². The minimum absolute atomic E-state index is 0.125. The van der Waals surface area contributed by atoms with Gasteiger partial charge in [0.2, 0.25) is 12.7 Å². The summed E-state index contributed by atoms with van der Waals surface area (Å²) in [6, 6.07) is 4.51. The largest absolute Gasteiger partial charge is 0.454 e. The van der Waals surface area contributed by atoms with Crippen molar-refractivity contribution in [1.82, 2.24) is 15.1 Å². The molecule has 0 aromatic heterocycles. The Hall–Kier alpha value is -2.77. The van der Waals surface area contributed by atoms with Gasteiger partial charge in [0.15, 0.2) is 11.5 Å². The summed E-state index contributed by atoms with van der Waals surface area (Å²) in [5.74, 6) is 0.399. The van der Waals surface area contributed by atoms with E-state index in [4.69, 9.17) is 9.47 Å². The highest BCUT2D eigenvalue weighted by Crippen LogP contribution is 2.37. The van der Waals surface area contributed by atoms with E-state index in [0.717, 1.165) is 4.90 Å². The zero-order valence-corrected chi connectivity index (χ0v) is 14.5. The molecule has 0 radical (unpaired) electrons. The van der Waals surface area contributed by atoms with E-state index in [1.54, 1.807) is 30.0 Å². The summed E-state index contributed by atoms with van der Waals surface area (Å²) in [6.07, 6.45) is 0. The van der Waals surface area contributed by atoms with Gasteiger partial charge in [-0.3, -0.25) is 14.5 Å². The van der Waals surface area contributed by atoms with E-state index < -0.39 is 17.5 Å². The predicted octanol–water partition coefficient (Wildman–Crippen LogP) is 1.05. The van der Waals surface area contributed by atoms with Crippen LogP contribution in [0.4, 0.5) is 4.79 Å². The lowest BCUT2D eigenvalue weighted by atomic mass is 9.91. The highest BCUT2D eigenvalue weighted by Gasteiger charge is 2.50. The van der Waals surface area contributed by atoms with Crippen molar-refractivity contribution >= 4 is 17.8 Å². The summed E-state index contributed by atoms with van der Waals surface area (Å²) in [5.41, 5.74) is -0.672. The van der Waals surface area contributed by atoms with Crippen molar-refractivity contribution in [2.24, 2.45) is 0 Å². The molecule has 1 fully saturated rings. The van der Waals surface area contributed by atoms with Crippen LogP contribution >= 0.6 is 0 Å². The lowest BCUT2D eigenvalue weighted by Crippen LogP contribution is -2.44. The summed E-state index contributed by atoms with van der Waals surface area (Å²) in [5, 5.41) is 2.69. The molecule has 2 aliphatic heterocycles. The first-order valence-electron chi connectivity index (χ1n) is 8.22. The number of fused-ring (bicyclic) bond motifs is 1. The van der Waals surface area contributed by atoms with Crippen molar-refractivity contribution in [3.8, 4) is 11.5 Å².